The van der Waals surface area contributed by atoms with E-state index in [4.69, 9.17) is 69.1 Å². The fraction of sp³-hybridized carbons (Fsp3) is 0.293. The molecule has 10 aromatic carbocycles. The summed E-state index contributed by atoms with van der Waals surface area (Å²) >= 11 is 9.38. The molecular weight excluding hydrogens is 1650 g/mol. The topological polar surface area (TPSA) is 263 Å². The molecule has 0 aliphatic carbocycles. The van der Waals surface area contributed by atoms with Crippen molar-refractivity contribution in [3.63, 3.8) is 0 Å². The van der Waals surface area contributed by atoms with Crippen molar-refractivity contribution in [2.45, 2.75) is 129 Å². The molecular formula is C99H96N10O14S3. The van der Waals surface area contributed by atoms with E-state index in [1.54, 1.807) is 48.3 Å². The SMILES string of the molecule is COc1cc2c(cc1OCc1cc(COc3cc4c(cc3C)C(=O)N3c5ccccc5C[C@H]3C=N4)cc(OCCCCC(=O)NCCS(C)=S)c1)N=C[C@@H]1Cc3ccccc3N1C2=O.COc1cc2c(cc1OCc1cc(COc3cc4c(cc3C)C(=O)N3c5ccccc5C[C@H]3C=N4)cc(OCCCCC(=O)NCCS)c1)N=C[C@@H]1Cc3ccccc3N1C2=O. The van der Waals surface area contributed by atoms with Gasteiger partial charge in [0.15, 0.2) is 23.0 Å². The van der Waals surface area contributed by atoms with Gasteiger partial charge in [-0.05, 0) is 186 Å². The smallest absolute Gasteiger partial charge is 0.261 e. The molecule has 0 bridgehead atoms. The number of carbonyl (C=O) groups is 6. The molecule has 0 saturated heterocycles. The van der Waals surface area contributed by atoms with Crippen LogP contribution in [-0.4, -0.2) is 143 Å². The Morgan fingerprint density at radius 1 is 0.405 bits per heavy atom. The van der Waals surface area contributed by atoms with Gasteiger partial charge in [-0.15, -0.1) is 9.45 Å². The normalized spacial score (nSPS) is 16.8. The number of hydrogen-bond donors (Lipinski definition) is 3. The van der Waals surface area contributed by atoms with Gasteiger partial charge in [0, 0.05) is 135 Å². The number of aryl methyl sites for hydroxylation is 2. The van der Waals surface area contributed by atoms with Gasteiger partial charge < -0.3 is 48.5 Å². The molecule has 0 saturated carbocycles. The van der Waals surface area contributed by atoms with E-state index < -0.39 is 0 Å². The van der Waals surface area contributed by atoms with Gasteiger partial charge in [0.25, 0.3) is 23.6 Å². The summed E-state index contributed by atoms with van der Waals surface area (Å²) in [5, 5.41) is 5.79. The number of para-hydroxylation sites is 4. The molecule has 18 rings (SSSR count). The van der Waals surface area contributed by atoms with Gasteiger partial charge >= 0.3 is 0 Å². The molecule has 5 atom stereocenters. The van der Waals surface area contributed by atoms with E-state index in [0.29, 0.717) is 174 Å². The Kier molecular flexibility index (Phi) is 25.9. The number of benzene rings is 10. The highest BCUT2D eigenvalue weighted by Gasteiger charge is 2.41. The van der Waals surface area contributed by atoms with Gasteiger partial charge in [-0.1, -0.05) is 84.0 Å². The highest BCUT2D eigenvalue weighted by atomic mass is 32.8. The Balaban J connectivity index is 0.000000178. The summed E-state index contributed by atoms with van der Waals surface area (Å²) in [6.07, 6.45) is 15.8. The van der Waals surface area contributed by atoms with Crippen LogP contribution in [0.15, 0.2) is 202 Å². The molecule has 10 aromatic rings. The van der Waals surface area contributed by atoms with Gasteiger partial charge in [0.1, 0.15) is 49.4 Å². The van der Waals surface area contributed by atoms with Crippen molar-refractivity contribution in [3.8, 4) is 46.0 Å². The third kappa shape index (κ3) is 18.6. The zero-order chi connectivity index (χ0) is 87.1. The summed E-state index contributed by atoms with van der Waals surface area (Å²) in [5.41, 5.74) is 17.2. The van der Waals surface area contributed by atoms with Crippen LogP contribution in [0.3, 0.4) is 0 Å². The zero-order valence-electron chi connectivity index (χ0n) is 70.6. The summed E-state index contributed by atoms with van der Waals surface area (Å²) in [5.74, 6) is 5.17. The van der Waals surface area contributed by atoms with Crippen molar-refractivity contribution in [3.05, 3.63) is 260 Å². The van der Waals surface area contributed by atoms with Gasteiger partial charge in [-0.2, -0.15) is 12.6 Å². The summed E-state index contributed by atoms with van der Waals surface area (Å²) in [4.78, 5) is 107. The fourth-order valence-electron chi connectivity index (χ4n) is 17.2. The number of nitrogens with zero attached hydrogens (tertiary/aromatic N) is 8. The van der Waals surface area contributed by atoms with Crippen molar-refractivity contribution < 1.29 is 66.7 Å². The first kappa shape index (κ1) is 85.2. The van der Waals surface area contributed by atoms with Crippen molar-refractivity contribution in [2.75, 3.05) is 77.9 Å². The molecule has 0 spiro atoms. The molecule has 126 heavy (non-hydrogen) atoms. The van der Waals surface area contributed by atoms with E-state index in [-0.39, 0.29) is 95.5 Å². The van der Waals surface area contributed by atoms with Crippen LogP contribution in [0.2, 0.25) is 0 Å². The molecule has 1 unspecified atom stereocenters. The number of hydrogen-bond acceptors (Lipinski definition) is 20. The molecule has 24 nitrogen and oxygen atoms in total. The minimum atomic E-state index is -0.180. The Labute approximate surface area is 744 Å². The van der Waals surface area contributed by atoms with Crippen LogP contribution in [0.25, 0.3) is 0 Å². The molecule has 2 N–H and O–H groups in total. The number of aliphatic imine (C=N–C) groups is 4. The molecule has 6 amide bonds. The quantitative estimate of drug-likeness (QED) is 0.0269. The average molecular weight is 1750 g/mol. The predicted molar refractivity (Wildman–Crippen MR) is 498 cm³/mol. The number of amides is 6. The average Bonchev–Trinajstić information content (AvgIpc) is 1.64. The number of ether oxygens (including phenoxy) is 8. The van der Waals surface area contributed by atoms with Crippen LogP contribution < -0.4 is 68.1 Å². The molecule has 8 aliphatic heterocycles. The van der Waals surface area contributed by atoms with Crippen molar-refractivity contribution in [2.24, 2.45) is 20.0 Å². The maximum atomic E-state index is 14.0. The highest BCUT2D eigenvalue weighted by Crippen LogP contribution is 2.46. The number of unbranched alkanes of at least 4 members (excludes halogenated alkanes) is 2. The Bertz CT molecular complexity index is 6090. The molecule has 8 aliphatic rings. The number of thiol groups is 1. The van der Waals surface area contributed by atoms with Crippen LogP contribution in [0.5, 0.6) is 46.0 Å². The lowest BCUT2D eigenvalue weighted by Gasteiger charge is -2.22. The van der Waals surface area contributed by atoms with E-state index in [9.17, 15) is 28.8 Å². The zero-order valence-corrected chi connectivity index (χ0v) is 73.2. The Morgan fingerprint density at radius 3 is 1.04 bits per heavy atom. The molecule has 0 radical (unpaired) electrons. The second-order valence-corrected chi connectivity index (χ2v) is 35.9. The van der Waals surface area contributed by atoms with Gasteiger partial charge in [0.05, 0.1) is 96.6 Å². The number of fused-ring (bicyclic) bond motifs is 16. The first-order valence-electron chi connectivity index (χ1n) is 42.4. The second kappa shape index (κ2) is 38.2. The van der Waals surface area contributed by atoms with Crippen molar-refractivity contribution in [1.29, 1.82) is 0 Å². The first-order chi connectivity index (χ1) is 61.4. The van der Waals surface area contributed by atoms with Crippen molar-refractivity contribution in [1.82, 2.24) is 10.6 Å². The highest BCUT2D eigenvalue weighted by molar-refractivity contribution is 8.28. The van der Waals surface area contributed by atoms with Gasteiger partial charge in [-0.3, -0.25) is 68.3 Å². The lowest BCUT2D eigenvalue weighted by molar-refractivity contribution is -0.121. The van der Waals surface area contributed by atoms with E-state index in [2.05, 4.69) is 35.4 Å². The summed E-state index contributed by atoms with van der Waals surface area (Å²) in [6, 6.07) is 57.3. The van der Waals surface area contributed by atoms with E-state index >= 15 is 0 Å². The molecule has 27 heteroatoms. The molecule has 8 heterocycles. The predicted octanol–water partition coefficient (Wildman–Crippen LogP) is 16.4. The first-order valence-corrected chi connectivity index (χ1v) is 45.8. The van der Waals surface area contributed by atoms with Gasteiger partial charge in [-0.25, -0.2) is 0 Å². The second-order valence-electron chi connectivity index (χ2n) is 32.2. The molecule has 0 fully saturated rings. The number of nitrogens with one attached hydrogen (secondary N) is 2. The maximum Gasteiger partial charge on any atom is 0.261 e. The Morgan fingerprint density at radius 2 is 0.714 bits per heavy atom. The number of carbonyl (C=O) groups excluding carboxylic acids is 6. The fourth-order valence-corrected chi connectivity index (χ4v) is 18.0. The molecule has 0 aromatic heterocycles. The Hall–Kier alpha value is -13.0. The number of anilines is 4. The monoisotopic (exact) mass is 1740 g/mol. The summed E-state index contributed by atoms with van der Waals surface area (Å²) in [6.45, 7) is 6.53. The molecule has 644 valence electrons. The number of rotatable bonds is 31. The summed E-state index contributed by atoms with van der Waals surface area (Å²) < 4.78 is 49.8. The van der Waals surface area contributed by atoms with E-state index in [1.165, 1.54) is 0 Å². The lowest BCUT2D eigenvalue weighted by atomic mass is 10.1. The third-order valence-electron chi connectivity index (χ3n) is 23.4. The minimum absolute atomic E-state index is 0.000426. The van der Waals surface area contributed by atoms with Crippen LogP contribution in [0.4, 0.5) is 45.5 Å². The van der Waals surface area contributed by atoms with Crippen LogP contribution in [0.1, 0.15) is 136 Å². The van der Waals surface area contributed by atoms with Crippen LogP contribution >= 0.6 is 12.6 Å². The van der Waals surface area contributed by atoms with Gasteiger partial charge in [0.2, 0.25) is 11.8 Å². The third-order valence-corrected chi connectivity index (χ3v) is 24.9. The largest absolute Gasteiger partial charge is 0.494 e. The van der Waals surface area contributed by atoms with E-state index in [1.807, 2.05) is 200 Å². The lowest BCUT2D eigenvalue weighted by Crippen LogP contribution is -2.37. The van der Waals surface area contributed by atoms with Crippen LogP contribution in [-0.2, 0) is 82.3 Å². The van der Waals surface area contributed by atoms with E-state index in [0.717, 1.165) is 97.0 Å². The maximum absolute atomic E-state index is 14.0. The standard InChI is InChI=1S/C50H49N5O7S2.C49H47N5O7S/c1-31-18-39-41(52-27-36-22-34-10-4-6-12-43(34)54(36)49(39)57)25-45(31)61-29-32-19-33(21-38(20-32)60-16-9-8-14-48(56)51-15-17-64(3)63)30-62-47-26-42-40(24-46(47)59-2)50(58)55-37(28-53-42)23-35-11-5-7-13-44(35)55;1-30-17-38-40(51-26-35-21-33-9-3-5-11-42(33)53(35)48(38)56)24-44(30)60-28-31-18-32(20-37(19-31)59-15-8-7-13-47(55)50-14-16-62)29-61-46-25-41-39(23-45(46)58-2)49(57)54-36(27-52-41)22-34-10-4-6-12-43(34)54/h4-7,10-13,18-21,24-28,36-37H,8-9,14-17,22-23,29-30H2,1-3H3,(H,51,56);3-6,9-12,17-20,23-27,35-36,62H,7-8,13-16,21-22,28-29H2,1-2H3,(H,50,55)/t36-,37-,64?;35-,36-/m00/s1. The minimum Gasteiger partial charge on any atom is -0.494 e. The summed E-state index contributed by atoms with van der Waals surface area (Å²) in [7, 11) is 2.97. The van der Waals surface area contributed by atoms with Crippen LogP contribution in [0, 0.1) is 13.8 Å². The van der Waals surface area contributed by atoms with Crippen molar-refractivity contribution >= 4 is 139 Å². The number of methoxy groups -OCH3 is 2.